The highest BCUT2D eigenvalue weighted by atomic mass is 19.1. The number of aromatic nitrogens is 2. The van der Waals surface area contributed by atoms with Crippen molar-refractivity contribution in [3.05, 3.63) is 53.1 Å². The lowest BCUT2D eigenvalue weighted by atomic mass is 9.97. The summed E-state index contributed by atoms with van der Waals surface area (Å²) in [4.78, 5) is 20.8. The fourth-order valence-corrected chi connectivity index (χ4v) is 2.33. The maximum absolute atomic E-state index is 12.8. The molecule has 0 atom stereocenters. The van der Waals surface area contributed by atoms with E-state index in [9.17, 15) is 9.18 Å². The summed E-state index contributed by atoms with van der Waals surface area (Å²) in [5, 5.41) is 9.02. The van der Waals surface area contributed by atoms with Crippen molar-refractivity contribution >= 4 is 11.9 Å². The third kappa shape index (κ3) is 2.32. The second-order valence-electron chi connectivity index (χ2n) is 4.66. The first kappa shape index (κ1) is 12.5. The van der Waals surface area contributed by atoms with Crippen LogP contribution in [0.15, 0.2) is 30.6 Å². The maximum atomic E-state index is 12.8. The molecule has 20 heavy (non-hydrogen) atoms. The van der Waals surface area contributed by atoms with E-state index in [1.54, 1.807) is 12.1 Å². The first-order valence-electron chi connectivity index (χ1n) is 6.21. The third-order valence-electron chi connectivity index (χ3n) is 3.36. The summed E-state index contributed by atoms with van der Waals surface area (Å²) >= 11 is 0. The zero-order chi connectivity index (χ0) is 14.1. The Balaban J connectivity index is 1.88. The van der Waals surface area contributed by atoms with Gasteiger partial charge in [-0.2, -0.15) is 0 Å². The van der Waals surface area contributed by atoms with Crippen LogP contribution in [0.3, 0.4) is 0 Å². The van der Waals surface area contributed by atoms with Crippen molar-refractivity contribution in [1.82, 2.24) is 9.97 Å². The number of rotatable bonds is 2. The molecule has 0 bridgehead atoms. The fraction of sp³-hybridized carbons (Fsp3) is 0.214. The minimum atomic E-state index is -0.942. The molecule has 0 fully saturated rings. The molecule has 3 rings (SSSR count). The van der Waals surface area contributed by atoms with E-state index in [4.69, 9.17) is 5.11 Å². The van der Waals surface area contributed by atoms with Crippen molar-refractivity contribution in [1.29, 1.82) is 0 Å². The molecule has 2 aromatic rings. The number of hydrogen-bond donors (Lipinski definition) is 1. The topological polar surface area (TPSA) is 66.3 Å². The van der Waals surface area contributed by atoms with E-state index in [1.165, 1.54) is 0 Å². The summed E-state index contributed by atoms with van der Waals surface area (Å²) in [5.74, 6) is -0.958. The number of hydrogen-bond acceptors (Lipinski definition) is 4. The average Bonchev–Trinajstić information content (AvgIpc) is 2.47. The Kier molecular flexibility index (Phi) is 3.06. The number of carboxylic acid groups (broad SMARTS) is 1. The fourth-order valence-electron chi connectivity index (χ4n) is 2.33. The standard InChI is InChI=1S/C14H12FN3O2/c15-12-6-16-14(17-7-12)18-4-3-9-1-2-10(13(19)20)5-11(9)8-18/h1-2,5-7H,3-4,8H2,(H,19,20). The number of aromatic carboxylic acids is 1. The lowest BCUT2D eigenvalue weighted by Gasteiger charge is -2.28. The molecule has 0 aliphatic carbocycles. The van der Waals surface area contributed by atoms with Gasteiger partial charge in [0.1, 0.15) is 0 Å². The predicted molar refractivity (Wildman–Crippen MR) is 70.1 cm³/mol. The van der Waals surface area contributed by atoms with Gasteiger partial charge in [-0.05, 0) is 29.7 Å². The lowest BCUT2D eigenvalue weighted by Crippen LogP contribution is -2.31. The van der Waals surface area contributed by atoms with Gasteiger partial charge in [0.05, 0.1) is 18.0 Å². The number of carbonyl (C=O) groups is 1. The molecule has 0 spiro atoms. The monoisotopic (exact) mass is 273 g/mol. The van der Waals surface area contributed by atoms with Crippen LogP contribution >= 0.6 is 0 Å². The van der Waals surface area contributed by atoms with Gasteiger partial charge in [-0.1, -0.05) is 6.07 Å². The first-order valence-corrected chi connectivity index (χ1v) is 6.21. The largest absolute Gasteiger partial charge is 0.478 e. The molecule has 0 unspecified atom stereocenters. The van der Waals surface area contributed by atoms with E-state index in [0.717, 1.165) is 36.5 Å². The summed E-state index contributed by atoms with van der Waals surface area (Å²) in [6, 6.07) is 5.14. The van der Waals surface area contributed by atoms with Crippen molar-refractivity contribution < 1.29 is 14.3 Å². The summed E-state index contributed by atoms with van der Waals surface area (Å²) in [6.45, 7) is 1.26. The Labute approximate surface area is 114 Å². The minimum Gasteiger partial charge on any atom is -0.478 e. The molecule has 0 saturated carbocycles. The van der Waals surface area contributed by atoms with Gasteiger partial charge in [0, 0.05) is 13.1 Å². The van der Waals surface area contributed by atoms with Gasteiger partial charge >= 0.3 is 5.97 Å². The summed E-state index contributed by atoms with van der Waals surface area (Å²) in [5.41, 5.74) is 2.35. The Hall–Kier alpha value is -2.50. The van der Waals surface area contributed by atoms with Crippen molar-refractivity contribution in [3.8, 4) is 0 Å². The molecule has 102 valence electrons. The van der Waals surface area contributed by atoms with Gasteiger partial charge in [0.2, 0.25) is 5.95 Å². The van der Waals surface area contributed by atoms with Crippen LogP contribution in [0.4, 0.5) is 10.3 Å². The van der Waals surface area contributed by atoms with E-state index in [1.807, 2.05) is 11.0 Å². The highest BCUT2D eigenvalue weighted by Gasteiger charge is 2.19. The molecule has 0 saturated heterocycles. The molecule has 0 radical (unpaired) electrons. The van der Waals surface area contributed by atoms with E-state index in [-0.39, 0.29) is 5.56 Å². The highest BCUT2D eigenvalue weighted by Crippen LogP contribution is 2.23. The molecular formula is C14H12FN3O2. The smallest absolute Gasteiger partial charge is 0.335 e. The molecule has 1 N–H and O–H groups in total. The Morgan fingerprint density at radius 3 is 2.70 bits per heavy atom. The molecule has 2 heterocycles. The molecule has 1 aromatic heterocycles. The Morgan fingerprint density at radius 2 is 2.00 bits per heavy atom. The number of halogens is 1. The van der Waals surface area contributed by atoms with Crippen LogP contribution < -0.4 is 4.90 Å². The molecular weight excluding hydrogens is 261 g/mol. The zero-order valence-electron chi connectivity index (χ0n) is 10.6. The van der Waals surface area contributed by atoms with Gasteiger partial charge in [0.15, 0.2) is 5.82 Å². The summed E-state index contributed by atoms with van der Waals surface area (Å²) in [7, 11) is 0. The maximum Gasteiger partial charge on any atom is 0.335 e. The quantitative estimate of drug-likeness (QED) is 0.905. The van der Waals surface area contributed by atoms with Crippen molar-refractivity contribution in [2.45, 2.75) is 13.0 Å². The van der Waals surface area contributed by atoms with E-state index < -0.39 is 11.8 Å². The highest BCUT2D eigenvalue weighted by molar-refractivity contribution is 5.88. The third-order valence-corrected chi connectivity index (χ3v) is 3.36. The summed E-state index contributed by atoms with van der Waals surface area (Å²) in [6.07, 6.45) is 3.05. The molecule has 1 aliphatic rings. The molecule has 1 aromatic carbocycles. The van der Waals surface area contributed by atoms with Crippen molar-refractivity contribution in [2.24, 2.45) is 0 Å². The zero-order valence-corrected chi connectivity index (χ0v) is 10.6. The van der Waals surface area contributed by atoms with Crippen LogP contribution in [0.2, 0.25) is 0 Å². The van der Waals surface area contributed by atoms with E-state index in [2.05, 4.69) is 9.97 Å². The predicted octanol–water partition coefficient (Wildman–Crippen LogP) is 1.88. The van der Waals surface area contributed by atoms with Gasteiger partial charge < -0.3 is 10.0 Å². The van der Waals surface area contributed by atoms with Crippen LogP contribution in [-0.4, -0.2) is 27.6 Å². The Morgan fingerprint density at radius 1 is 1.25 bits per heavy atom. The van der Waals surface area contributed by atoms with Gasteiger partial charge in [0.25, 0.3) is 0 Å². The summed E-state index contributed by atoms with van der Waals surface area (Å²) < 4.78 is 12.8. The van der Waals surface area contributed by atoms with Crippen molar-refractivity contribution in [2.75, 3.05) is 11.4 Å². The molecule has 6 heteroatoms. The number of fused-ring (bicyclic) bond motifs is 1. The first-order chi connectivity index (χ1) is 9.63. The van der Waals surface area contributed by atoms with Crippen LogP contribution in [-0.2, 0) is 13.0 Å². The van der Waals surface area contributed by atoms with Gasteiger partial charge in [-0.15, -0.1) is 0 Å². The van der Waals surface area contributed by atoms with Crippen LogP contribution in [0.1, 0.15) is 21.5 Å². The van der Waals surface area contributed by atoms with E-state index >= 15 is 0 Å². The van der Waals surface area contributed by atoms with Gasteiger partial charge in [-0.25, -0.2) is 19.2 Å². The minimum absolute atomic E-state index is 0.269. The SMILES string of the molecule is O=C(O)c1ccc2c(c1)CN(c1ncc(F)cn1)CC2. The number of anilines is 1. The number of benzene rings is 1. The lowest BCUT2D eigenvalue weighted by molar-refractivity contribution is 0.0696. The van der Waals surface area contributed by atoms with Crippen LogP contribution in [0.5, 0.6) is 0 Å². The molecule has 5 nitrogen and oxygen atoms in total. The number of carboxylic acids is 1. The average molecular weight is 273 g/mol. The normalized spacial score (nSPS) is 13.9. The van der Waals surface area contributed by atoms with Crippen LogP contribution in [0.25, 0.3) is 0 Å². The van der Waals surface area contributed by atoms with Crippen molar-refractivity contribution in [3.63, 3.8) is 0 Å². The second-order valence-corrected chi connectivity index (χ2v) is 4.66. The van der Waals surface area contributed by atoms with Gasteiger partial charge in [-0.3, -0.25) is 0 Å². The Bertz CT molecular complexity index is 658. The molecule has 0 amide bonds. The number of nitrogens with zero attached hydrogens (tertiary/aromatic N) is 3. The van der Waals surface area contributed by atoms with E-state index in [0.29, 0.717) is 12.5 Å². The molecule has 1 aliphatic heterocycles. The van der Waals surface area contributed by atoms with Crippen LogP contribution in [0, 0.1) is 5.82 Å². The second kappa shape index (κ2) is 4.88.